The number of phenolic OH excluding ortho intramolecular Hbond substituents is 1. The van der Waals surface area contributed by atoms with Crippen LogP contribution < -0.4 is 0 Å². The van der Waals surface area contributed by atoms with Crippen molar-refractivity contribution in [1.29, 1.82) is 0 Å². The van der Waals surface area contributed by atoms with E-state index < -0.39 is 0 Å². The van der Waals surface area contributed by atoms with Gasteiger partial charge in [-0.3, -0.25) is 4.79 Å². The highest BCUT2D eigenvalue weighted by atomic mass is 32.1. The first-order valence-corrected chi connectivity index (χ1v) is 10.6. The van der Waals surface area contributed by atoms with Gasteiger partial charge in [0.25, 0.3) is 5.91 Å². The number of carbonyl (C=O) groups excluding carboxylic acids is 1. The molecule has 1 fully saturated rings. The molecule has 28 heavy (non-hydrogen) atoms. The number of aromatic hydroxyl groups is 1. The summed E-state index contributed by atoms with van der Waals surface area (Å²) in [4.78, 5) is 19.5. The van der Waals surface area contributed by atoms with Gasteiger partial charge < -0.3 is 10.0 Å². The largest absolute Gasteiger partial charge is 0.508 e. The van der Waals surface area contributed by atoms with E-state index in [1.54, 1.807) is 12.1 Å². The molecule has 0 saturated carbocycles. The summed E-state index contributed by atoms with van der Waals surface area (Å²) in [6, 6.07) is 12.9. The second kappa shape index (κ2) is 7.96. The Labute approximate surface area is 170 Å². The van der Waals surface area contributed by atoms with Gasteiger partial charge in [0.1, 0.15) is 10.8 Å². The second-order valence-corrected chi connectivity index (χ2v) is 8.63. The highest BCUT2D eigenvalue weighted by molar-refractivity contribution is 7.21. The third-order valence-corrected chi connectivity index (χ3v) is 6.76. The van der Waals surface area contributed by atoms with Crippen LogP contribution in [0, 0.1) is 11.8 Å². The van der Waals surface area contributed by atoms with E-state index in [0.717, 1.165) is 46.7 Å². The normalized spacial score (nSPS) is 19.8. The van der Waals surface area contributed by atoms with Crippen molar-refractivity contribution < 1.29 is 9.90 Å². The van der Waals surface area contributed by atoms with Gasteiger partial charge in [0.2, 0.25) is 0 Å². The zero-order valence-corrected chi connectivity index (χ0v) is 16.8. The van der Waals surface area contributed by atoms with Crippen molar-refractivity contribution in [2.24, 2.45) is 11.8 Å². The predicted octanol–water partition coefficient (Wildman–Crippen LogP) is 4.74. The number of fused-ring (bicyclic) bond motifs is 1. The van der Waals surface area contributed by atoms with Crippen LogP contribution in [0.3, 0.4) is 0 Å². The molecular formula is C22H23BN2O2S. The molecule has 1 amide bonds. The van der Waals surface area contributed by atoms with Gasteiger partial charge in [-0.1, -0.05) is 31.8 Å². The molecule has 4 rings (SSSR count). The van der Waals surface area contributed by atoms with E-state index in [0.29, 0.717) is 23.7 Å². The monoisotopic (exact) mass is 390 g/mol. The molecule has 0 aliphatic carbocycles. The summed E-state index contributed by atoms with van der Waals surface area (Å²) in [5.74, 6) is 1.44. The summed E-state index contributed by atoms with van der Waals surface area (Å²) in [7, 11) is 5.74. The molecule has 2 heterocycles. The number of nitrogens with zero attached hydrogens (tertiary/aromatic N) is 2. The lowest BCUT2D eigenvalue weighted by atomic mass is 9.81. The summed E-state index contributed by atoms with van der Waals surface area (Å²) >= 11 is 1.53. The molecule has 142 valence electrons. The van der Waals surface area contributed by atoms with E-state index in [9.17, 15) is 9.90 Å². The molecule has 3 aromatic rings. The van der Waals surface area contributed by atoms with E-state index in [2.05, 4.69) is 11.9 Å². The van der Waals surface area contributed by atoms with Crippen LogP contribution in [0.1, 0.15) is 30.1 Å². The smallest absolute Gasteiger partial charge is 0.253 e. The van der Waals surface area contributed by atoms with Crippen LogP contribution >= 0.6 is 11.3 Å². The van der Waals surface area contributed by atoms with Crippen LogP contribution in [0.25, 0.3) is 20.8 Å². The van der Waals surface area contributed by atoms with Gasteiger partial charge >= 0.3 is 0 Å². The van der Waals surface area contributed by atoms with E-state index >= 15 is 0 Å². The van der Waals surface area contributed by atoms with Gasteiger partial charge in [-0.25, -0.2) is 4.98 Å². The molecule has 1 aliphatic heterocycles. The lowest BCUT2D eigenvalue weighted by Gasteiger charge is -2.37. The number of phenols is 1. The lowest BCUT2D eigenvalue weighted by Crippen LogP contribution is -2.43. The standard InChI is InChI=1S/C22H23BN2O2S/c1-14-9-11-25(13-17(14)8-10-23)22(27)16-4-2-15(3-5-16)21-24-19-7-6-18(26)12-20(19)28-21/h2-7,12,14,17,26H,8-11,13H2,1H3. The lowest BCUT2D eigenvalue weighted by molar-refractivity contribution is 0.0606. The van der Waals surface area contributed by atoms with Gasteiger partial charge in [-0.15, -0.1) is 11.3 Å². The Morgan fingerprint density at radius 3 is 2.82 bits per heavy atom. The van der Waals surface area contributed by atoms with Gasteiger partial charge in [0.05, 0.1) is 18.1 Å². The number of likely N-dealkylation sites (tertiary alicyclic amines) is 1. The van der Waals surface area contributed by atoms with E-state index in [1.807, 2.05) is 35.2 Å². The molecule has 1 aromatic heterocycles. The number of hydrogen-bond donors (Lipinski definition) is 1. The minimum Gasteiger partial charge on any atom is -0.508 e. The first-order chi connectivity index (χ1) is 13.5. The number of piperidine rings is 1. The third-order valence-electron chi connectivity index (χ3n) is 5.69. The van der Waals surface area contributed by atoms with Crippen LogP contribution in [0.4, 0.5) is 0 Å². The minimum absolute atomic E-state index is 0.0923. The van der Waals surface area contributed by atoms with E-state index in [-0.39, 0.29) is 11.7 Å². The fourth-order valence-electron chi connectivity index (χ4n) is 3.90. The number of hydrogen-bond acceptors (Lipinski definition) is 4. The maximum atomic E-state index is 12.9. The van der Waals surface area contributed by atoms with Crippen molar-refractivity contribution in [3.63, 3.8) is 0 Å². The number of amides is 1. The summed E-state index contributed by atoms with van der Waals surface area (Å²) in [6.45, 7) is 3.86. The maximum absolute atomic E-state index is 12.9. The number of rotatable bonds is 4. The van der Waals surface area contributed by atoms with Crippen LogP contribution in [0.2, 0.25) is 6.32 Å². The molecular weight excluding hydrogens is 367 g/mol. The molecule has 0 bridgehead atoms. The van der Waals surface area contributed by atoms with Gasteiger partial charge in [0.15, 0.2) is 0 Å². The van der Waals surface area contributed by atoms with Crippen LogP contribution in [-0.2, 0) is 0 Å². The molecule has 1 N–H and O–H groups in total. The molecule has 1 saturated heterocycles. The molecule has 6 heteroatoms. The highest BCUT2D eigenvalue weighted by Gasteiger charge is 2.28. The molecule has 1 aliphatic rings. The summed E-state index contributed by atoms with van der Waals surface area (Å²) in [5.41, 5.74) is 2.56. The second-order valence-electron chi connectivity index (χ2n) is 7.60. The van der Waals surface area contributed by atoms with Crippen LogP contribution in [0.15, 0.2) is 42.5 Å². The zero-order chi connectivity index (χ0) is 19.7. The molecule has 0 spiro atoms. The van der Waals surface area contributed by atoms with E-state index in [4.69, 9.17) is 7.85 Å². The number of benzene rings is 2. The number of aromatic nitrogens is 1. The summed E-state index contributed by atoms with van der Waals surface area (Å²) < 4.78 is 0.948. The summed E-state index contributed by atoms with van der Waals surface area (Å²) in [5, 5.41) is 10.5. The van der Waals surface area contributed by atoms with Crippen molar-refractivity contribution in [3.8, 4) is 16.3 Å². The molecule has 2 unspecified atom stereocenters. The highest BCUT2D eigenvalue weighted by Crippen LogP contribution is 2.32. The van der Waals surface area contributed by atoms with Crippen molar-refractivity contribution in [3.05, 3.63) is 48.0 Å². The number of thiazole rings is 1. The minimum atomic E-state index is 0.0923. The van der Waals surface area contributed by atoms with Gasteiger partial charge in [-0.2, -0.15) is 0 Å². The fourth-order valence-corrected chi connectivity index (χ4v) is 4.90. The van der Waals surface area contributed by atoms with Crippen molar-refractivity contribution in [2.75, 3.05) is 13.1 Å². The van der Waals surface area contributed by atoms with Crippen molar-refractivity contribution in [1.82, 2.24) is 9.88 Å². The average Bonchev–Trinajstić information content (AvgIpc) is 3.12. The molecule has 2 atom stereocenters. The van der Waals surface area contributed by atoms with Crippen molar-refractivity contribution >= 4 is 35.3 Å². The zero-order valence-electron chi connectivity index (χ0n) is 16.0. The van der Waals surface area contributed by atoms with Gasteiger partial charge in [0, 0.05) is 24.2 Å². The molecule has 4 nitrogen and oxygen atoms in total. The Morgan fingerprint density at radius 2 is 2.07 bits per heavy atom. The Bertz CT molecular complexity index is 986. The molecule has 2 radical (unpaired) electrons. The SMILES string of the molecule is [B]CCC1CN(C(=O)c2ccc(-c3nc4ccc(O)cc4s3)cc2)CCC1C. The van der Waals surface area contributed by atoms with Crippen LogP contribution in [0.5, 0.6) is 5.75 Å². The third kappa shape index (κ3) is 3.79. The summed E-state index contributed by atoms with van der Waals surface area (Å²) in [6.07, 6.45) is 2.68. The first kappa shape index (κ1) is 19.0. The Morgan fingerprint density at radius 1 is 1.29 bits per heavy atom. The average molecular weight is 390 g/mol. The topological polar surface area (TPSA) is 53.4 Å². The molecule has 2 aromatic carbocycles. The number of carbonyl (C=O) groups is 1. The Balaban J connectivity index is 1.51. The quantitative estimate of drug-likeness (QED) is 0.655. The first-order valence-electron chi connectivity index (χ1n) is 9.74. The Hall–Kier alpha value is -2.34. The van der Waals surface area contributed by atoms with Crippen LogP contribution in [-0.4, -0.2) is 41.8 Å². The Kier molecular flexibility index (Phi) is 5.40. The fraction of sp³-hybridized carbons (Fsp3) is 0.364. The maximum Gasteiger partial charge on any atom is 0.253 e. The van der Waals surface area contributed by atoms with E-state index in [1.165, 1.54) is 11.3 Å². The van der Waals surface area contributed by atoms with Gasteiger partial charge in [-0.05, 0) is 48.6 Å². The predicted molar refractivity (Wildman–Crippen MR) is 115 cm³/mol. The van der Waals surface area contributed by atoms with Crippen molar-refractivity contribution in [2.45, 2.75) is 26.1 Å².